The maximum Gasteiger partial charge on any atom is 0.306 e. The fourth-order valence-electron chi connectivity index (χ4n) is 8.16. The molecule has 63 heavy (non-hydrogen) atoms. The molecule has 0 amide bonds. The molecule has 0 aromatic rings. The third kappa shape index (κ3) is 44.8. The Morgan fingerprint density at radius 2 is 0.841 bits per heavy atom. The highest BCUT2D eigenvalue weighted by Crippen LogP contribution is 2.17. The van der Waals surface area contributed by atoms with Gasteiger partial charge >= 0.3 is 11.9 Å². The normalized spacial score (nSPS) is 13.0. The fraction of sp³-hybridized carbons (Fsp3) is 0.873. The highest BCUT2D eigenvalue weighted by atomic mass is 16.6. The summed E-state index contributed by atoms with van der Waals surface area (Å²) in [7, 11) is 5.42. The number of carbonyl (C=O) groups excluding carboxylic acids is 3. The molecule has 0 aromatic heterocycles. The minimum Gasteiger partial charge on any atom is -0.544 e. The van der Waals surface area contributed by atoms with Gasteiger partial charge in [-0.05, 0) is 44.9 Å². The summed E-state index contributed by atoms with van der Waals surface area (Å²) in [6.07, 6.45) is 53.6. The summed E-state index contributed by atoms with van der Waals surface area (Å²) in [5.41, 5.74) is 0. The van der Waals surface area contributed by atoms with Crippen LogP contribution in [0, 0.1) is 0 Å². The minimum atomic E-state index is -1.12. The molecule has 0 N–H and O–H groups in total. The number of hydrogen-bond acceptors (Lipinski definition) is 7. The first-order chi connectivity index (χ1) is 30.6. The minimum absolute atomic E-state index is 0.0393. The molecule has 0 bridgehead atoms. The Bertz CT molecular complexity index is 1080. The predicted molar refractivity (Wildman–Crippen MR) is 264 cm³/mol. The molecular weight excluding hydrogens is 787 g/mol. The molecule has 8 nitrogen and oxygen atoms in total. The van der Waals surface area contributed by atoms with Crippen molar-refractivity contribution in [3.63, 3.8) is 0 Å². The zero-order chi connectivity index (χ0) is 46.3. The highest BCUT2D eigenvalue weighted by molar-refractivity contribution is 5.70. The summed E-state index contributed by atoms with van der Waals surface area (Å²) in [6.45, 7) is 4.67. The zero-order valence-corrected chi connectivity index (χ0v) is 42.3. The van der Waals surface area contributed by atoms with Gasteiger partial charge in [-0.15, -0.1) is 0 Å². The number of nitrogens with zero attached hydrogens (tertiary/aromatic N) is 1. The lowest BCUT2D eigenvalue weighted by molar-refractivity contribution is -0.889. The molecule has 0 saturated heterocycles. The van der Waals surface area contributed by atoms with E-state index in [0.29, 0.717) is 12.8 Å². The Kier molecular flexibility index (Phi) is 44.7. The maximum atomic E-state index is 12.8. The monoisotopic (exact) mass is 890 g/mol. The largest absolute Gasteiger partial charge is 0.544 e. The Balaban J connectivity index is 4.16. The lowest BCUT2D eigenvalue weighted by Gasteiger charge is -2.34. The zero-order valence-electron chi connectivity index (χ0n) is 42.3. The van der Waals surface area contributed by atoms with Crippen LogP contribution in [-0.4, -0.2) is 75.5 Å². The molecule has 0 radical (unpaired) electrons. The molecule has 0 fully saturated rings. The van der Waals surface area contributed by atoms with Crippen molar-refractivity contribution in [2.45, 2.75) is 270 Å². The summed E-state index contributed by atoms with van der Waals surface area (Å²) < 4.78 is 17.3. The van der Waals surface area contributed by atoms with Crippen LogP contribution in [0.15, 0.2) is 24.3 Å². The molecule has 0 heterocycles. The lowest BCUT2D eigenvalue weighted by Crippen LogP contribution is -2.55. The van der Waals surface area contributed by atoms with Crippen LogP contribution in [0.25, 0.3) is 0 Å². The smallest absolute Gasteiger partial charge is 0.306 e. The van der Waals surface area contributed by atoms with E-state index in [1.54, 1.807) is 21.1 Å². The molecule has 0 aliphatic heterocycles. The van der Waals surface area contributed by atoms with Crippen molar-refractivity contribution in [3.05, 3.63) is 24.3 Å². The second kappa shape index (κ2) is 46.3. The van der Waals surface area contributed by atoms with Crippen molar-refractivity contribution in [1.82, 2.24) is 0 Å². The molecular formula is C55H103NO7. The molecule has 0 aromatic carbocycles. The summed E-state index contributed by atoms with van der Waals surface area (Å²) in [6, 6.07) is -0.726. The molecule has 0 aliphatic rings. The van der Waals surface area contributed by atoms with Gasteiger partial charge in [0.15, 0.2) is 6.10 Å². The quantitative estimate of drug-likeness (QED) is 0.0259. The lowest BCUT2D eigenvalue weighted by atomic mass is 10.0. The van der Waals surface area contributed by atoms with E-state index in [1.807, 2.05) is 0 Å². The number of hydrogen-bond donors (Lipinski definition) is 0. The molecule has 8 heteroatoms. The first-order valence-corrected chi connectivity index (χ1v) is 26.9. The van der Waals surface area contributed by atoms with Crippen molar-refractivity contribution >= 4 is 17.9 Å². The number of quaternary nitrogens is 1. The molecule has 370 valence electrons. The number of unbranched alkanes of at least 4 members (excludes halogenated alkanes) is 31. The van der Waals surface area contributed by atoms with E-state index in [4.69, 9.17) is 14.2 Å². The molecule has 0 saturated carbocycles. The number of carboxylic acids is 1. The third-order valence-corrected chi connectivity index (χ3v) is 12.3. The Hall–Kier alpha value is -2.19. The van der Waals surface area contributed by atoms with Gasteiger partial charge in [0.2, 0.25) is 0 Å². The van der Waals surface area contributed by atoms with Crippen molar-refractivity contribution in [3.8, 4) is 0 Å². The van der Waals surface area contributed by atoms with Crippen molar-refractivity contribution in [2.24, 2.45) is 0 Å². The topological polar surface area (TPSA) is 102 Å². The van der Waals surface area contributed by atoms with Crippen molar-refractivity contribution in [1.29, 1.82) is 0 Å². The van der Waals surface area contributed by atoms with E-state index in [9.17, 15) is 19.5 Å². The molecule has 0 aliphatic carbocycles. The second-order valence-electron chi connectivity index (χ2n) is 19.5. The molecule has 0 rings (SSSR count). The van der Waals surface area contributed by atoms with Crippen LogP contribution in [0.3, 0.4) is 0 Å². The number of rotatable bonds is 49. The fourth-order valence-corrected chi connectivity index (χ4v) is 8.16. The first kappa shape index (κ1) is 60.8. The number of allylic oxidation sites excluding steroid dienone is 4. The molecule has 0 spiro atoms. The van der Waals surface area contributed by atoms with Crippen molar-refractivity contribution in [2.75, 3.05) is 41.0 Å². The van der Waals surface area contributed by atoms with Crippen LogP contribution in [0.1, 0.15) is 258 Å². The van der Waals surface area contributed by atoms with Crippen LogP contribution < -0.4 is 5.11 Å². The SMILES string of the molecule is CCCCCC/C=C\C/C=C\CCCCCCCC(=O)OC(COCCC(C(=O)[O-])[N+](C)(C)C)COC(=O)CCCCCCCCCCCCCCCCCCCCCCCCC. The van der Waals surface area contributed by atoms with Gasteiger partial charge in [0.05, 0.1) is 40.3 Å². The number of carbonyl (C=O) groups is 3. The average Bonchev–Trinajstić information content (AvgIpc) is 3.24. The number of esters is 2. The number of carboxylic acid groups (broad SMARTS) is 1. The van der Waals surface area contributed by atoms with E-state index >= 15 is 0 Å². The van der Waals surface area contributed by atoms with E-state index in [0.717, 1.165) is 64.2 Å². The second-order valence-corrected chi connectivity index (χ2v) is 19.5. The van der Waals surface area contributed by atoms with Gasteiger partial charge in [0.25, 0.3) is 0 Å². The van der Waals surface area contributed by atoms with E-state index in [-0.39, 0.29) is 42.7 Å². The van der Waals surface area contributed by atoms with Gasteiger partial charge in [-0.2, -0.15) is 0 Å². The van der Waals surface area contributed by atoms with Crippen LogP contribution in [0.5, 0.6) is 0 Å². The van der Waals surface area contributed by atoms with E-state index < -0.39 is 18.1 Å². The van der Waals surface area contributed by atoms with Gasteiger partial charge < -0.3 is 28.6 Å². The number of likely N-dealkylation sites (N-methyl/N-ethyl adjacent to an activating group) is 1. The Morgan fingerprint density at radius 3 is 1.24 bits per heavy atom. The van der Waals surface area contributed by atoms with Gasteiger partial charge in [-0.25, -0.2) is 0 Å². The van der Waals surface area contributed by atoms with Gasteiger partial charge in [-0.1, -0.05) is 218 Å². The number of ether oxygens (including phenoxy) is 3. The average molecular weight is 890 g/mol. The van der Waals surface area contributed by atoms with Crippen LogP contribution in [-0.2, 0) is 28.6 Å². The van der Waals surface area contributed by atoms with Crippen LogP contribution in [0.2, 0.25) is 0 Å². The van der Waals surface area contributed by atoms with Crippen molar-refractivity contribution < 1.29 is 38.2 Å². The maximum absolute atomic E-state index is 12.8. The van der Waals surface area contributed by atoms with E-state index in [1.165, 1.54) is 161 Å². The summed E-state index contributed by atoms with van der Waals surface area (Å²) in [4.78, 5) is 37.0. The Labute approximate surface area is 390 Å². The molecule has 2 atom stereocenters. The van der Waals surface area contributed by atoms with Gasteiger partial charge in [0, 0.05) is 19.3 Å². The van der Waals surface area contributed by atoms with E-state index in [2.05, 4.69) is 38.2 Å². The summed E-state index contributed by atoms with van der Waals surface area (Å²) in [5.74, 6) is -1.73. The standard InChI is InChI=1S/C55H103NO7/c1-6-8-10-12-14-16-18-20-22-24-25-26-27-28-29-30-32-33-35-37-39-41-43-45-53(57)62-50-51(49-61-48-47-52(55(59)60)56(3,4)5)63-54(58)46-44-42-40-38-36-34-31-23-21-19-17-15-13-11-9-7-2/h17,19,23,31,51-52H,6-16,18,20-22,24-30,32-50H2,1-5H3/b19-17-,31-23-. The summed E-state index contributed by atoms with van der Waals surface area (Å²) >= 11 is 0. The third-order valence-electron chi connectivity index (χ3n) is 12.3. The molecule has 2 unspecified atom stereocenters. The van der Waals surface area contributed by atoms with Gasteiger partial charge in [0.1, 0.15) is 12.6 Å². The highest BCUT2D eigenvalue weighted by Gasteiger charge is 2.25. The van der Waals surface area contributed by atoms with Crippen LogP contribution >= 0.6 is 0 Å². The Morgan fingerprint density at radius 1 is 0.476 bits per heavy atom. The predicted octanol–water partition coefficient (Wildman–Crippen LogP) is 14.3. The number of aliphatic carboxylic acids is 1. The van der Waals surface area contributed by atoms with Crippen LogP contribution in [0.4, 0.5) is 0 Å². The summed E-state index contributed by atoms with van der Waals surface area (Å²) in [5, 5.41) is 11.7. The first-order valence-electron chi connectivity index (χ1n) is 26.9. The van der Waals surface area contributed by atoms with Gasteiger partial charge in [-0.3, -0.25) is 9.59 Å².